The summed E-state index contributed by atoms with van der Waals surface area (Å²) in [6.45, 7) is 2.27. The van der Waals surface area contributed by atoms with Crippen molar-refractivity contribution in [2.24, 2.45) is 5.92 Å². The maximum atomic E-state index is 8.91. The smallest absolute Gasteiger partial charge is 0.144 e. The SMILES string of the molecule is CC1CCC(Nc2ncccc2C#N)C1. The minimum absolute atomic E-state index is 0.488. The van der Waals surface area contributed by atoms with Crippen molar-refractivity contribution in [2.75, 3.05) is 5.32 Å². The molecular formula is C12H15N3. The van der Waals surface area contributed by atoms with Crippen LogP contribution in [-0.4, -0.2) is 11.0 Å². The summed E-state index contributed by atoms with van der Waals surface area (Å²) < 4.78 is 0. The van der Waals surface area contributed by atoms with E-state index in [4.69, 9.17) is 5.26 Å². The molecule has 0 saturated heterocycles. The Morgan fingerprint density at radius 3 is 3.07 bits per heavy atom. The summed E-state index contributed by atoms with van der Waals surface area (Å²) in [4.78, 5) is 4.20. The normalized spacial score (nSPS) is 24.8. The van der Waals surface area contributed by atoms with Gasteiger partial charge in [-0.15, -0.1) is 0 Å². The quantitative estimate of drug-likeness (QED) is 0.800. The molecule has 78 valence electrons. The van der Waals surface area contributed by atoms with Gasteiger partial charge in [0.25, 0.3) is 0 Å². The van der Waals surface area contributed by atoms with Crippen LogP contribution in [0.25, 0.3) is 0 Å². The zero-order chi connectivity index (χ0) is 10.7. The third-order valence-electron chi connectivity index (χ3n) is 2.96. The van der Waals surface area contributed by atoms with Crippen molar-refractivity contribution in [1.82, 2.24) is 4.98 Å². The molecule has 2 unspecified atom stereocenters. The second kappa shape index (κ2) is 4.31. The van der Waals surface area contributed by atoms with E-state index in [1.165, 1.54) is 19.3 Å². The van der Waals surface area contributed by atoms with E-state index in [1.807, 2.05) is 0 Å². The van der Waals surface area contributed by atoms with E-state index in [2.05, 4.69) is 23.3 Å². The highest BCUT2D eigenvalue weighted by Gasteiger charge is 2.21. The average molecular weight is 201 g/mol. The Labute approximate surface area is 90.1 Å². The summed E-state index contributed by atoms with van der Waals surface area (Å²) in [6, 6.07) is 6.24. The molecular weight excluding hydrogens is 186 g/mol. The van der Waals surface area contributed by atoms with Gasteiger partial charge in [0.2, 0.25) is 0 Å². The second-order valence-electron chi connectivity index (χ2n) is 4.27. The summed E-state index contributed by atoms with van der Waals surface area (Å²) in [5.41, 5.74) is 0.636. The molecule has 0 aliphatic heterocycles. The van der Waals surface area contributed by atoms with Gasteiger partial charge in [-0.2, -0.15) is 5.26 Å². The number of anilines is 1. The minimum Gasteiger partial charge on any atom is -0.366 e. The lowest BCUT2D eigenvalue weighted by Gasteiger charge is -2.13. The molecule has 15 heavy (non-hydrogen) atoms. The third kappa shape index (κ3) is 2.27. The van der Waals surface area contributed by atoms with Crippen molar-refractivity contribution in [2.45, 2.75) is 32.2 Å². The van der Waals surface area contributed by atoms with Crippen molar-refractivity contribution in [1.29, 1.82) is 5.26 Å². The summed E-state index contributed by atoms with van der Waals surface area (Å²) in [6.07, 6.45) is 5.36. The molecule has 1 N–H and O–H groups in total. The predicted molar refractivity (Wildman–Crippen MR) is 59.4 cm³/mol. The molecule has 2 rings (SSSR count). The molecule has 1 fully saturated rings. The standard InChI is InChI=1S/C12H15N3/c1-9-4-5-11(7-9)15-12-10(8-13)3-2-6-14-12/h2-3,6,9,11H,4-5,7H2,1H3,(H,14,15). The Morgan fingerprint density at radius 2 is 2.40 bits per heavy atom. The molecule has 1 saturated carbocycles. The lowest BCUT2D eigenvalue weighted by Crippen LogP contribution is -2.17. The van der Waals surface area contributed by atoms with Crippen LogP contribution in [0.3, 0.4) is 0 Å². The Morgan fingerprint density at radius 1 is 1.53 bits per heavy atom. The van der Waals surface area contributed by atoms with Crippen molar-refractivity contribution in [3.05, 3.63) is 23.9 Å². The Hall–Kier alpha value is -1.56. The first-order valence-electron chi connectivity index (χ1n) is 5.41. The minimum atomic E-state index is 0.488. The molecule has 1 aromatic rings. The molecule has 2 atom stereocenters. The van der Waals surface area contributed by atoms with Gasteiger partial charge < -0.3 is 5.32 Å². The summed E-state index contributed by atoms with van der Waals surface area (Å²) in [5.74, 6) is 1.52. The van der Waals surface area contributed by atoms with Crippen LogP contribution >= 0.6 is 0 Å². The van der Waals surface area contributed by atoms with E-state index in [0.29, 0.717) is 11.6 Å². The van der Waals surface area contributed by atoms with Crippen molar-refractivity contribution < 1.29 is 0 Å². The largest absolute Gasteiger partial charge is 0.366 e. The van der Waals surface area contributed by atoms with Crippen molar-refractivity contribution in [3.8, 4) is 6.07 Å². The molecule has 3 nitrogen and oxygen atoms in total. The van der Waals surface area contributed by atoms with Gasteiger partial charge in [0.15, 0.2) is 0 Å². The number of nitrogens with one attached hydrogen (secondary N) is 1. The van der Waals surface area contributed by atoms with E-state index < -0.39 is 0 Å². The number of hydrogen-bond acceptors (Lipinski definition) is 3. The first-order valence-corrected chi connectivity index (χ1v) is 5.41. The molecule has 1 aliphatic rings. The number of rotatable bonds is 2. The third-order valence-corrected chi connectivity index (χ3v) is 2.96. The monoisotopic (exact) mass is 201 g/mol. The Bertz CT molecular complexity index is 381. The number of hydrogen-bond donors (Lipinski definition) is 1. The summed E-state index contributed by atoms with van der Waals surface area (Å²) in [7, 11) is 0. The number of pyridine rings is 1. The van der Waals surface area contributed by atoms with Crippen LogP contribution in [0.1, 0.15) is 31.7 Å². The van der Waals surface area contributed by atoms with E-state index in [9.17, 15) is 0 Å². The number of nitriles is 1. The van der Waals surface area contributed by atoms with E-state index in [1.54, 1.807) is 18.3 Å². The Balaban J connectivity index is 2.08. The van der Waals surface area contributed by atoms with E-state index >= 15 is 0 Å². The fourth-order valence-corrected chi connectivity index (χ4v) is 2.14. The van der Waals surface area contributed by atoms with Crippen LogP contribution in [0.4, 0.5) is 5.82 Å². The highest BCUT2D eigenvalue weighted by atomic mass is 15.0. The Kier molecular flexibility index (Phi) is 2.86. The first-order chi connectivity index (χ1) is 7.29. The van der Waals surface area contributed by atoms with Gasteiger partial charge in [-0.25, -0.2) is 4.98 Å². The fourth-order valence-electron chi connectivity index (χ4n) is 2.14. The van der Waals surface area contributed by atoms with Crippen LogP contribution in [0.15, 0.2) is 18.3 Å². The summed E-state index contributed by atoms with van der Waals surface area (Å²) in [5, 5.41) is 12.3. The maximum Gasteiger partial charge on any atom is 0.144 e. The molecule has 1 aliphatic carbocycles. The van der Waals surface area contributed by atoms with Gasteiger partial charge in [-0.05, 0) is 37.3 Å². The van der Waals surface area contributed by atoms with Gasteiger partial charge >= 0.3 is 0 Å². The zero-order valence-corrected chi connectivity index (χ0v) is 8.90. The molecule has 0 spiro atoms. The molecule has 0 radical (unpaired) electrons. The van der Waals surface area contributed by atoms with Crippen molar-refractivity contribution in [3.63, 3.8) is 0 Å². The number of nitrogens with zero attached hydrogens (tertiary/aromatic N) is 2. The van der Waals surface area contributed by atoms with E-state index in [0.717, 1.165) is 11.7 Å². The van der Waals surface area contributed by atoms with Crippen LogP contribution < -0.4 is 5.32 Å². The van der Waals surface area contributed by atoms with Gasteiger partial charge in [0, 0.05) is 12.2 Å². The average Bonchev–Trinajstić information content (AvgIpc) is 2.65. The predicted octanol–water partition coefficient (Wildman–Crippen LogP) is 2.55. The molecule has 3 heteroatoms. The highest BCUT2D eigenvalue weighted by molar-refractivity contribution is 5.51. The summed E-state index contributed by atoms with van der Waals surface area (Å²) >= 11 is 0. The molecule has 0 aromatic carbocycles. The molecule has 1 heterocycles. The van der Waals surface area contributed by atoms with Crippen LogP contribution in [-0.2, 0) is 0 Å². The van der Waals surface area contributed by atoms with Crippen LogP contribution in [0.2, 0.25) is 0 Å². The lowest BCUT2D eigenvalue weighted by molar-refractivity contribution is 0.602. The van der Waals surface area contributed by atoms with Crippen LogP contribution in [0.5, 0.6) is 0 Å². The molecule has 1 aromatic heterocycles. The van der Waals surface area contributed by atoms with Crippen molar-refractivity contribution >= 4 is 5.82 Å². The van der Waals surface area contributed by atoms with Gasteiger partial charge in [0.1, 0.15) is 11.9 Å². The topological polar surface area (TPSA) is 48.7 Å². The highest BCUT2D eigenvalue weighted by Crippen LogP contribution is 2.27. The first kappa shape index (κ1) is 9.97. The van der Waals surface area contributed by atoms with E-state index in [-0.39, 0.29) is 0 Å². The zero-order valence-electron chi connectivity index (χ0n) is 8.90. The molecule has 0 amide bonds. The van der Waals surface area contributed by atoms with Gasteiger partial charge in [-0.1, -0.05) is 6.92 Å². The van der Waals surface area contributed by atoms with Gasteiger partial charge in [-0.3, -0.25) is 0 Å². The second-order valence-corrected chi connectivity index (χ2v) is 4.27. The van der Waals surface area contributed by atoms with Crippen LogP contribution in [0, 0.1) is 17.2 Å². The number of aromatic nitrogens is 1. The lowest BCUT2D eigenvalue weighted by atomic mass is 10.1. The molecule has 0 bridgehead atoms. The van der Waals surface area contributed by atoms with Gasteiger partial charge in [0.05, 0.1) is 5.56 Å². The maximum absolute atomic E-state index is 8.91. The fraction of sp³-hybridized carbons (Fsp3) is 0.500.